The number of guanidine groups is 1. The van der Waals surface area contributed by atoms with Crippen molar-refractivity contribution < 1.29 is 68.1 Å². The number of aliphatic imine (C=N–C) groups is 1. The number of carboxylic acid groups (broad SMARTS) is 3. The standard InChI is InChI=1S/C35H57N13O14S2/c36-8-2-1-5-18-30(57)42-14-25(50)48-10-4-7-23(48)33(60)46-21(12-27(53)54)32(59)47-22(34(61)62)16-64-63-15-17(37)28(55)44-19(6-3-9-40-35(38)39)29(56)41-13-24(49)43-20(11-26(51)52)31(58)45-18/h17-23H,1-16,36-37H2,(H,41,56)(H,42,57)(H,43,49)(H,44,55)(H,45,58)(H,46,60)(H,47,59)(H,51,52)(H,53,54)(H,61,62)(H4,38,39,40)/t17-,18?,19-,20-,21-,22?,23-/m0/s1. The minimum Gasteiger partial charge on any atom is -0.481 e. The van der Waals surface area contributed by atoms with Crippen molar-refractivity contribution >= 4 is 92.7 Å². The van der Waals surface area contributed by atoms with E-state index in [1.165, 1.54) is 0 Å². The maximum absolute atomic E-state index is 13.4. The maximum Gasteiger partial charge on any atom is 0.327 e. The van der Waals surface area contributed by atoms with Crippen LogP contribution >= 0.6 is 21.6 Å². The van der Waals surface area contributed by atoms with Gasteiger partial charge in [0.05, 0.1) is 32.0 Å². The molecule has 7 atom stereocenters. The molecule has 0 aliphatic carbocycles. The molecule has 2 aliphatic heterocycles. The predicted molar refractivity (Wildman–Crippen MR) is 228 cm³/mol. The number of amides is 8. The Labute approximate surface area is 374 Å². The second-order valence-corrected chi connectivity index (χ2v) is 17.0. The van der Waals surface area contributed by atoms with Crippen LogP contribution in [0.3, 0.4) is 0 Å². The van der Waals surface area contributed by atoms with Crippen LogP contribution in [0, 0.1) is 0 Å². The molecule has 2 saturated heterocycles. The van der Waals surface area contributed by atoms with Gasteiger partial charge in [-0.25, -0.2) is 4.79 Å². The van der Waals surface area contributed by atoms with Crippen molar-refractivity contribution in [2.24, 2.45) is 27.9 Å². The fraction of sp³-hybridized carbons (Fsp3) is 0.657. The highest BCUT2D eigenvalue weighted by molar-refractivity contribution is 8.76. The fourth-order valence-corrected chi connectivity index (χ4v) is 8.42. The van der Waals surface area contributed by atoms with Gasteiger partial charge in [-0.05, 0) is 51.5 Å². The Morgan fingerprint density at radius 2 is 1.22 bits per heavy atom. The van der Waals surface area contributed by atoms with Gasteiger partial charge in [0, 0.05) is 24.6 Å². The van der Waals surface area contributed by atoms with E-state index in [1.54, 1.807) is 0 Å². The van der Waals surface area contributed by atoms with Gasteiger partial charge in [-0.3, -0.25) is 52.9 Å². The summed E-state index contributed by atoms with van der Waals surface area (Å²) in [5, 5.41) is 45.0. The predicted octanol–water partition coefficient (Wildman–Crippen LogP) is -6.43. The molecule has 0 aromatic heterocycles. The van der Waals surface area contributed by atoms with Gasteiger partial charge < -0.3 is 80.4 Å². The van der Waals surface area contributed by atoms with Gasteiger partial charge in [0.1, 0.15) is 36.3 Å². The average molecular weight is 948 g/mol. The van der Waals surface area contributed by atoms with Crippen molar-refractivity contribution in [3.63, 3.8) is 0 Å². The lowest BCUT2D eigenvalue weighted by atomic mass is 10.1. The van der Waals surface area contributed by atoms with Crippen molar-refractivity contribution in [3.8, 4) is 0 Å². The van der Waals surface area contributed by atoms with Crippen molar-refractivity contribution in [3.05, 3.63) is 0 Å². The maximum atomic E-state index is 13.4. The number of nitrogens with zero attached hydrogens (tertiary/aromatic N) is 2. The summed E-state index contributed by atoms with van der Waals surface area (Å²) in [5.74, 6) is -12.9. The van der Waals surface area contributed by atoms with Crippen molar-refractivity contribution in [1.29, 1.82) is 0 Å². The Balaban J connectivity index is 2.46. The molecular weight excluding hydrogens is 891 g/mol. The summed E-state index contributed by atoms with van der Waals surface area (Å²) in [6.07, 6.45) is -0.832. The van der Waals surface area contributed by atoms with Gasteiger partial charge in [0.15, 0.2) is 5.96 Å². The molecule has 0 saturated carbocycles. The summed E-state index contributed by atoms with van der Waals surface area (Å²) < 4.78 is 0. The molecule has 8 amide bonds. The molecule has 18 N–H and O–H groups in total. The van der Waals surface area contributed by atoms with E-state index in [0.29, 0.717) is 12.8 Å². The SMILES string of the molecule is NCCCCC1NC(=O)[C@H](CC(=O)O)NC(=O)CNC(=O)[C@H](CCCN=C(N)N)NC(=O)[C@@H](N)CSSCC(C(=O)O)NC(=O)[C@H](CC(=O)O)NC(=O)[C@@H]2CCCN2C(=O)CNC1=O. The molecule has 0 spiro atoms. The smallest absolute Gasteiger partial charge is 0.327 e. The molecule has 64 heavy (non-hydrogen) atoms. The first kappa shape index (κ1) is 54.2. The van der Waals surface area contributed by atoms with Crippen LogP contribution < -0.4 is 60.2 Å². The van der Waals surface area contributed by atoms with E-state index in [1.807, 2.05) is 0 Å². The molecule has 2 unspecified atom stereocenters. The lowest BCUT2D eigenvalue weighted by Gasteiger charge is -2.27. The van der Waals surface area contributed by atoms with Crippen LogP contribution in [-0.4, -0.2) is 178 Å². The van der Waals surface area contributed by atoms with E-state index >= 15 is 0 Å². The van der Waals surface area contributed by atoms with Gasteiger partial charge in [-0.15, -0.1) is 0 Å². The Hall–Kier alpha value is -5.94. The quantitative estimate of drug-likeness (QED) is 0.0353. The van der Waals surface area contributed by atoms with E-state index < -0.39 is 133 Å². The first-order chi connectivity index (χ1) is 30.2. The normalized spacial score (nSPS) is 25.5. The molecule has 0 aromatic carbocycles. The molecule has 27 nitrogen and oxygen atoms in total. The second-order valence-electron chi connectivity index (χ2n) is 14.5. The van der Waals surface area contributed by atoms with E-state index in [2.05, 4.69) is 42.2 Å². The summed E-state index contributed by atoms with van der Waals surface area (Å²) in [7, 11) is 1.80. The van der Waals surface area contributed by atoms with Gasteiger partial charge in [-0.1, -0.05) is 21.6 Å². The number of carboxylic acids is 3. The van der Waals surface area contributed by atoms with Crippen LogP contribution in [0.5, 0.6) is 0 Å². The monoisotopic (exact) mass is 947 g/mol. The van der Waals surface area contributed by atoms with Crippen LogP contribution in [-0.2, 0) is 52.7 Å². The van der Waals surface area contributed by atoms with Crippen LogP contribution in [0.4, 0.5) is 0 Å². The summed E-state index contributed by atoms with van der Waals surface area (Å²) in [4.78, 5) is 147. The van der Waals surface area contributed by atoms with Crippen molar-refractivity contribution in [1.82, 2.24) is 42.1 Å². The van der Waals surface area contributed by atoms with Crippen LogP contribution in [0.25, 0.3) is 0 Å². The highest BCUT2D eigenvalue weighted by Gasteiger charge is 2.38. The molecule has 2 fully saturated rings. The van der Waals surface area contributed by atoms with Crippen LogP contribution in [0.1, 0.15) is 57.8 Å². The molecule has 0 bridgehead atoms. The largest absolute Gasteiger partial charge is 0.481 e. The van der Waals surface area contributed by atoms with E-state index in [-0.39, 0.29) is 69.2 Å². The zero-order chi connectivity index (χ0) is 47.9. The molecule has 358 valence electrons. The van der Waals surface area contributed by atoms with Crippen LogP contribution in [0.15, 0.2) is 4.99 Å². The molecule has 2 aliphatic rings. The van der Waals surface area contributed by atoms with E-state index in [0.717, 1.165) is 26.5 Å². The van der Waals surface area contributed by atoms with Crippen molar-refractivity contribution in [2.45, 2.75) is 100 Å². The summed E-state index contributed by atoms with van der Waals surface area (Å²) in [6.45, 7) is -1.23. The number of aliphatic carboxylic acids is 3. The Morgan fingerprint density at radius 3 is 1.81 bits per heavy atom. The third kappa shape index (κ3) is 19.6. The Bertz CT molecular complexity index is 1750. The number of rotatable bonds is 13. The second kappa shape index (κ2) is 28.0. The van der Waals surface area contributed by atoms with Gasteiger partial charge in [-0.2, -0.15) is 0 Å². The number of unbranched alkanes of at least 4 members (excludes halogenated alkanes) is 1. The molecule has 0 radical (unpaired) electrons. The fourth-order valence-electron chi connectivity index (χ4n) is 6.14. The van der Waals surface area contributed by atoms with E-state index in [9.17, 15) is 68.1 Å². The summed E-state index contributed by atoms with van der Waals surface area (Å²) in [6, 6.07) is -10.4. The third-order valence-corrected chi connectivity index (χ3v) is 11.9. The van der Waals surface area contributed by atoms with Crippen LogP contribution in [0.2, 0.25) is 0 Å². The summed E-state index contributed by atoms with van der Waals surface area (Å²) in [5.41, 5.74) is 22.4. The third-order valence-electron chi connectivity index (χ3n) is 9.43. The molecule has 0 aromatic rings. The topological polar surface area (TPSA) is 452 Å². The molecular formula is C35H57N13O14S2. The number of nitrogens with one attached hydrogen (secondary N) is 7. The number of nitrogens with two attached hydrogens (primary N) is 4. The average Bonchev–Trinajstić information content (AvgIpc) is 3.72. The molecule has 29 heteroatoms. The van der Waals surface area contributed by atoms with Crippen molar-refractivity contribution in [2.75, 3.05) is 44.2 Å². The number of hydrogen-bond donors (Lipinski definition) is 14. The zero-order valence-electron chi connectivity index (χ0n) is 34.7. The molecule has 2 heterocycles. The molecule has 2 rings (SSSR count). The highest BCUT2D eigenvalue weighted by Crippen LogP contribution is 2.23. The lowest BCUT2D eigenvalue weighted by molar-refractivity contribution is -0.144. The Morgan fingerprint density at radius 1 is 0.672 bits per heavy atom. The zero-order valence-corrected chi connectivity index (χ0v) is 36.3. The first-order valence-electron chi connectivity index (χ1n) is 20.0. The summed E-state index contributed by atoms with van der Waals surface area (Å²) >= 11 is 0. The number of carbonyl (C=O) groups is 11. The first-order valence-corrected chi connectivity index (χ1v) is 22.5. The number of carbonyl (C=O) groups excluding carboxylic acids is 8. The van der Waals surface area contributed by atoms with Gasteiger partial charge >= 0.3 is 17.9 Å². The van der Waals surface area contributed by atoms with E-state index in [4.69, 9.17) is 22.9 Å². The van der Waals surface area contributed by atoms with Gasteiger partial charge in [0.2, 0.25) is 47.3 Å². The number of hydrogen-bond acceptors (Lipinski definition) is 16. The lowest BCUT2D eigenvalue weighted by Crippen LogP contribution is -2.57. The Kier molecular flexibility index (Phi) is 23.7. The minimum absolute atomic E-state index is 0.0254. The minimum atomic E-state index is -1.79. The van der Waals surface area contributed by atoms with Gasteiger partial charge in [0.25, 0.3) is 0 Å². The number of fused-ring (bicyclic) bond motifs is 1. The highest BCUT2D eigenvalue weighted by atomic mass is 33.1.